The van der Waals surface area contributed by atoms with E-state index in [1.807, 2.05) is 30.3 Å². The predicted molar refractivity (Wildman–Crippen MR) is 67.7 cm³/mol. The molecule has 0 bridgehead atoms. The molecule has 2 heterocycles. The number of hydrogen-bond donors (Lipinski definition) is 1. The topological polar surface area (TPSA) is 42.2 Å². The summed E-state index contributed by atoms with van der Waals surface area (Å²) in [6.07, 6.45) is 5.88. The number of fused-ring (bicyclic) bond motifs is 1. The van der Waals surface area contributed by atoms with Gasteiger partial charge in [0.15, 0.2) is 0 Å². The van der Waals surface area contributed by atoms with Gasteiger partial charge in [-0.05, 0) is 25.0 Å². The molecule has 1 aromatic carbocycles. The minimum atomic E-state index is 0.225. The van der Waals surface area contributed by atoms with Gasteiger partial charge in [0.1, 0.15) is 5.58 Å². The summed E-state index contributed by atoms with van der Waals surface area (Å²) < 4.78 is 5.12. The molecule has 1 aliphatic rings. The number of nitrogens with one attached hydrogen (secondary N) is 1. The second-order valence-corrected chi connectivity index (χ2v) is 4.12. The summed E-state index contributed by atoms with van der Waals surface area (Å²) in [5.74, 6) is 0.225. The van der Waals surface area contributed by atoms with E-state index in [9.17, 15) is 4.79 Å². The van der Waals surface area contributed by atoms with Gasteiger partial charge in [0.25, 0.3) is 0 Å². The van der Waals surface area contributed by atoms with E-state index in [4.69, 9.17) is 4.42 Å². The molecule has 1 aromatic heterocycles. The normalized spacial score (nSPS) is 15.6. The lowest BCUT2D eigenvalue weighted by molar-refractivity contribution is -0.120. The molecule has 90 valence electrons. The number of benzene rings is 1. The summed E-state index contributed by atoms with van der Waals surface area (Å²) >= 11 is 0. The van der Waals surface area contributed by atoms with Crippen molar-refractivity contribution < 1.29 is 9.21 Å². The van der Waals surface area contributed by atoms with Crippen LogP contribution < -0.4 is 5.32 Å². The Morgan fingerprint density at radius 3 is 2.82 bits per heavy atom. The molecular weight excluding hydrogens is 214 g/mol. The number of carbonyl (C=O) groups is 1. The van der Waals surface area contributed by atoms with Crippen molar-refractivity contribution in [2.45, 2.75) is 25.7 Å². The number of furan rings is 1. The highest BCUT2D eigenvalue weighted by atomic mass is 16.3. The quantitative estimate of drug-likeness (QED) is 0.757. The third-order valence-electron chi connectivity index (χ3n) is 2.76. The van der Waals surface area contributed by atoms with Crippen LogP contribution in [-0.2, 0) is 4.79 Å². The molecular formula is C14H17NO2. The van der Waals surface area contributed by atoms with Gasteiger partial charge in [-0.2, -0.15) is 0 Å². The molecule has 0 radical (unpaired) electrons. The van der Waals surface area contributed by atoms with Crippen LogP contribution in [0.15, 0.2) is 41.0 Å². The van der Waals surface area contributed by atoms with E-state index in [0.717, 1.165) is 36.8 Å². The van der Waals surface area contributed by atoms with Gasteiger partial charge in [0, 0.05) is 18.4 Å². The Morgan fingerprint density at radius 1 is 1.06 bits per heavy atom. The maximum atomic E-state index is 10.6. The van der Waals surface area contributed by atoms with Crippen LogP contribution in [0, 0.1) is 0 Å². The smallest absolute Gasteiger partial charge is 0.219 e. The summed E-state index contributed by atoms with van der Waals surface area (Å²) in [4.78, 5) is 10.6. The molecule has 0 atom stereocenters. The number of para-hydroxylation sites is 1. The van der Waals surface area contributed by atoms with Crippen LogP contribution >= 0.6 is 0 Å². The Labute approximate surface area is 101 Å². The second kappa shape index (κ2) is 6.09. The van der Waals surface area contributed by atoms with Crippen LogP contribution in [0.3, 0.4) is 0 Å². The van der Waals surface area contributed by atoms with Crippen molar-refractivity contribution in [2.75, 3.05) is 6.54 Å². The van der Waals surface area contributed by atoms with Crippen LogP contribution in [-0.4, -0.2) is 12.5 Å². The molecule has 2 aromatic rings. The summed E-state index contributed by atoms with van der Waals surface area (Å²) in [5.41, 5.74) is 0.956. The van der Waals surface area contributed by atoms with Gasteiger partial charge < -0.3 is 9.73 Å². The molecule has 0 aliphatic carbocycles. The first-order valence-electron chi connectivity index (χ1n) is 6.05. The zero-order valence-electron chi connectivity index (χ0n) is 9.82. The van der Waals surface area contributed by atoms with Crippen molar-refractivity contribution >= 4 is 16.9 Å². The van der Waals surface area contributed by atoms with Gasteiger partial charge in [-0.3, -0.25) is 4.79 Å². The minimum absolute atomic E-state index is 0.225. The number of amides is 1. The summed E-state index contributed by atoms with van der Waals surface area (Å²) in [7, 11) is 0. The van der Waals surface area contributed by atoms with E-state index in [1.165, 1.54) is 6.42 Å². The Morgan fingerprint density at radius 2 is 1.94 bits per heavy atom. The fourth-order valence-electron chi connectivity index (χ4n) is 1.81. The molecule has 3 nitrogen and oxygen atoms in total. The predicted octanol–water partition coefficient (Wildman–Crippen LogP) is 3.11. The summed E-state index contributed by atoms with van der Waals surface area (Å²) in [6.45, 7) is 0.888. The second-order valence-electron chi connectivity index (χ2n) is 4.12. The first-order chi connectivity index (χ1) is 8.36. The first-order valence-corrected chi connectivity index (χ1v) is 6.05. The largest absolute Gasteiger partial charge is 0.464 e. The Bertz CT molecular complexity index is 436. The fourth-order valence-corrected chi connectivity index (χ4v) is 1.81. The Balaban J connectivity index is 0.000000128. The van der Waals surface area contributed by atoms with Gasteiger partial charge >= 0.3 is 0 Å². The molecule has 1 fully saturated rings. The summed E-state index contributed by atoms with van der Waals surface area (Å²) in [6, 6.07) is 9.90. The molecule has 0 unspecified atom stereocenters. The SMILES string of the molecule is O=C1CCCCCN1.c1ccc2occc2c1. The molecule has 17 heavy (non-hydrogen) atoms. The van der Waals surface area contributed by atoms with Crippen molar-refractivity contribution in [3.63, 3.8) is 0 Å². The molecule has 3 rings (SSSR count). The van der Waals surface area contributed by atoms with E-state index < -0.39 is 0 Å². The molecule has 1 amide bonds. The molecule has 1 aliphatic heterocycles. The Hall–Kier alpha value is -1.77. The van der Waals surface area contributed by atoms with Gasteiger partial charge in [-0.1, -0.05) is 24.6 Å². The van der Waals surface area contributed by atoms with Gasteiger partial charge in [0.2, 0.25) is 5.91 Å². The maximum absolute atomic E-state index is 10.6. The van der Waals surface area contributed by atoms with E-state index in [0.29, 0.717) is 0 Å². The fraction of sp³-hybridized carbons (Fsp3) is 0.357. The van der Waals surface area contributed by atoms with Gasteiger partial charge in [-0.25, -0.2) is 0 Å². The van der Waals surface area contributed by atoms with E-state index in [-0.39, 0.29) is 5.91 Å². The van der Waals surface area contributed by atoms with E-state index in [1.54, 1.807) is 6.26 Å². The van der Waals surface area contributed by atoms with Crippen molar-refractivity contribution in [1.29, 1.82) is 0 Å². The van der Waals surface area contributed by atoms with E-state index >= 15 is 0 Å². The molecule has 0 saturated carbocycles. The number of rotatable bonds is 0. The van der Waals surface area contributed by atoms with Gasteiger partial charge in [0.05, 0.1) is 6.26 Å². The summed E-state index contributed by atoms with van der Waals surface area (Å²) in [5, 5.41) is 3.97. The van der Waals surface area contributed by atoms with Crippen molar-refractivity contribution in [1.82, 2.24) is 5.32 Å². The highest BCUT2D eigenvalue weighted by Crippen LogP contribution is 2.12. The van der Waals surface area contributed by atoms with Crippen molar-refractivity contribution in [2.24, 2.45) is 0 Å². The third kappa shape index (κ3) is 3.63. The van der Waals surface area contributed by atoms with Gasteiger partial charge in [-0.15, -0.1) is 0 Å². The van der Waals surface area contributed by atoms with E-state index in [2.05, 4.69) is 5.32 Å². The van der Waals surface area contributed by atoms with Crippen LogP contribution in [0.1, 0.15) is 25.7 Å². The minimum Gasteiger partial charge on any atom is -0.464 e. The standard InChI is InChI=1S/C8H6O.C6H11NO/c1-2-4-8-7(3-1)5-6-9-8;8-6-4-2-1-3-5-7-6/h1-6H;1-5H2,(H,7,8). The third-order valence-corrected chi connectivity index (χ3v) is 2.76. The monoisotopic (exact) mass is 231 g/mol. The zero-order chi connectivity index (χ0) is 11.9. The molecule has 0 spiro atoms. The van der Waals surface area contributed by atoms with Crippen molar-refractivity contribution in [3.05, 3.63) is 36.6 Å². The van der Waals surface area contributed by atoms with Crippen LogP contribution in [0.4, 0.5) is 0 Å². The van der Waals surface area contributed by atoms with Crippen LogP contribution in [0.25, 0.3) is 11.0 Å². The lowest BCUT2D eigenvalue weighted by Gasteiger charge is -1.93. The average Bonchev–Trinajstić information content (AvgIpc) is 2.71. The number of carbonyl (C=O) groups excluding carboxylic acids is 1. The van der Waals surface area contributed by atoms with Crippen LogP contribution in [0.5, 0.6) is 0 Å². The highest BCUT2D eigenvalue weighted by Gasteiger charge is 2.03. The molecule has 1 saturated heterocycles. The van der Waals surface area contributed by atoms with Crippen LogP contribution in [0.2, 0.25) is 0 Å². The molecule has 1 N–H and O–H groups in total. The lowest BCUT2D eigenvalue weighted by Crippen LogP contribution is -2.21. The average molecular weight is 231 g/mol. The zero-order valence-corrected chi connectivity index (χ0v) is 9.82. The molecule has 3 heteroatoms. The lowest BCUT2D eigenvalue weighted by atomic mass is 10.2. The number of hydrogen-bond acceptors (Lipinski definition) is 2. The van der Waals surface area contributed by atoms with Crippen molar-refractivity contribution in [3.8, 4) is 0 Å². The Kier molecular flexibility index (Phi) is 4.19. The first kappa shape index (κ1) is 11.7. The highest BCUT2D eigenvalue weighted by molar-refractivity contribution is 5.76. The maximum Gasteiger partial charge on any atom is 0.219 e.